The van der Waals surface area contributed by atoms with Crippen LogP contribution in [0.5, 0.6) is 0 Å². The highest BCUT2D eigenvalue weighted by Crippen LogP contribution is 2.36. The van der Waals surface area contributed by atoms with Gasteiger partial charge in [-0.2, -0.15) is 0 Å². The maximum Gasteiger partial charge on any atom is 0.158 e. The van der Waals surface area contributed by atoms with E-state index in [1.54, 1.807) is 0 Å². The fourth-order valence-electron chi connectivity index (χ4n) is 2.87. The Labute approximate surface area is 108 Å². The third-order valence-corrected chi connectivity index (χ3v) is 3.87. The minimum Gasteiger partial charge on any atom is -0.392 e. The van der Waals surface area contributed by atoms with Gasteiger partial charge < -0.3 is 14.6 Å². The van der Waals surface area contributed by atoms with Crippen molar-refractivity contribution >= 4 is 0 Å². The molecule has 1 aliphatic carbocycles. The van der Waals surface area contributed by atoms with Gasteiger partial charge in [-0.3, -0.25) is 0 Å². The second-order valence-corrected chi connectivity index (χ2v) is 5.15. The maximum absolute atomic E-state index is 9.14. The average molecular weight is 248 g/mol. The molecule has 1 fully saturated rings. The Hall–Kier alpha value is -0.900. The molecular formula is C15H20O3. The lowest BCUT2D eigenvalue weighted by atomic mass is 10.1. The van der Waals surface area contributed by atoms with Gasteiger partial charge in [0.25, 0.3) is 0 Å². The third-order valence-electron chi connectivity index (χ3n) is 3.87. The number of ether oxygens (including phenoxy) is 2. The Balaban J connectivity index is 1.70. The van der Waals surface area contributed by atoms with Crippen LogP contribution in [0.1, 0.15) is 48.5 Å². The van der Waals surface area contributed by atoms with Gasteiger partial charge in [0.05, 0.1) is 12.7 Å². The molecule has 98 valence electrons. The van der Waals surface area contributed by atoms with Crippen LogP contribution in [-0.4, -0.2) is 18.0 Å². The predicted molar refractivity (Wildman–Crippen MR) is 68.1 cm³/mol. The lowest BCUT2D eigenvalue weighted by Gasteiger charge is -2.26. The second kappa shape index (κ2) is 5.39. The Bertz CT molecular complexity index is 410. The highest BCUT2D eigenvalue weighted by atomic mass is 16.7. The number of hydrogen-bond donors (Lipinski definition) is 1. The standard InChI is InChI=1S/C15H20O3/c16-10-11-4-6-13-12(9-11)5-7-14(13)18-15-3-1-2-8-17-15/h4,6,9,14-16H,1-3,5,7-8,10H2. The molecule has 0 bridgehead atoms. The van der Waals surface area contributed by atoms with Gasteiger partial charge in [0.15, 0.2) is 6.29 Å². The molecule has 1 aliphatic heterocycles. The van der Waals surface area contributed by atoms with E-state index in [0.29, 0.717) is 0 Å². The van der Waals surface area contributed by atoms with Crippen molar-refractivity contribution in [3.63, 3.8) is 0 Å². The molecule has 1 aromatic rings. The molecule has 1 N–H and O–H groups in total. The van der Waals surface area contributed by atoms with Crippen LogP contribution in [0.25, 0.3) is 0 Å². The zero-order valence-corrected chi connectivity index (χ0v) is 10.6. The van der Waals surface area contributed by atoms with Crippen molar-refractivity contribution in [1.29, 1.82) is 0 Å². The fourth-order valence-corrected chi connectivity index (χ4v) is 2.87. The number of aliphatic hydroxyl groups is 1. The van der Waals surface area contributed by atoms with Crippen LogP contribution >= 0.6 is 0 Å². The normalized spacial score (nSPS) is 27.2. The van der Waals surface area contributed by atoms with Crippen LogP contribution in [0.15, 0.2) is 18.2 Å². The van der Waals surface area contributed by atoms with Gasteiger partial charge in [-0.05, 0) is 48.8 Å². The summed E-state index contributed by atoms with van der Waals surface area (Å²) < 4.78 is 11.7. The van der Waals surface area contributed by atoms with Crippen molar-refractivity contribution in [1.82, 2.24) is 0 Å². The van der Waals surface area contributed by atoms with E-state index in [-0.39, 0.29) is 19.0 Å². The Morgan fingerprint density at radius 2 is 2.22 bits per heavy atom. The summed E-state index contributed by atoms with van der Waals surface area (Å²) in [6.07, 6.45) is 5.60. The lowest BCUT2D eigenvalue weighted by molar-refractivity contribution is -0.189. The smallest absolute Gasteiger partial charge is 0.158 e. The number of aryl methyl sites for hydroxylation is 1. The van der Waals surface area contributed by atoms with Crippen LogP contribution in [0.4, 0.5) is 0 Å². The molecule has 3 rings (SSSR count). The van der Waals surface area contributed by atoms with Crippen molar-refractivity contribution in [3.05, 3.63) is 34.9 Å². The van der Waals surface area contributed by atoms with Gasteiger partial charge in [-0.15, -0.1) is 0 Å². The summed E-state index contributed by atoms with van der Waals surface area (Å²) in [5.41, 5.74) is 3.59. The number of fused-ring (bicyclic) bond motifs is 1. The maximum atomic E-state index is 9.14. The molecule has 3 nitrogen and oxygen atoms in total. The van der Waals surface area contributed by atoms with Gasteiger partial charge in [0.2, 0.25) is 0 Å². The summed E-state index contributed by atoms with van der Waals surface area (Å²) >= 11 is 0. The van der Waals surface area contributed by atoms with Gasteiger partial charge in [0.1, 0.15) is 0 Å². The Morgan fingerprint density at radius 1 is 1.28 bits per heavy atom. The summed E-state index contributed by atoms with van der Waals surface area (Å²) in [5, 5.41) is 9.14. The number of hydrogen-bond acceptors (Lipinski definition) is 3. The third kappa shape index (κ3) is 2.44. The van der Waals surface area contributed by atoms with Gasteiger partial charge >= 0.3 is 0 Å². The van der Waals surface area contributed by atoms with E-state index < -0.39 is 0 Å². The van der Waals surface area contributed by atoms with E-state index >= 15 is 0 Å². The van der Waals surface area contributed by atoms with Crippen LogP contribution in [-0.2, 0) is 22.5 Å². The summed E-state index contributed by atoms with van der Waals surface area (Å²) in [6.45, 7) is 0.943. The minimum atomic E-state index is -0.0211. The van der Waals surface area contributed by atoms with Crippen molar-refractivity contribution in [2.24, 2.45) is 0 Å². The van der Waals surface area contributed by atoms with Crippen LogP contribution in [0.2, 0.25) is 0 Å². The molecule has 2 aliphatic rings. The molecule has 1 saturated heterocycles. The van der Waals surface area contributed by atoms with E-state index in [9.17, 15) is 0 Å². The minimum absolute atomic E-state index is 0.0211. The van der Waals surface area contributed by atoms with E-state index in [0.717, 1.165) is 37.9 Å². The lowest BCUT2D eigenvalue weighted by Crippen LogP contribution is -2.23. The van der Waals surface area contributed by atoms with Crippen molar-refractivity contribution in [2.75, 3.05) is 6.61 Å². The van der Waals surface area contributed by atoms with Crippen LogP contribution < -0.4 is 0 Å². The average Bonchev–Trinajstić information content (AvgIpc) is 2.82. The Morgan fingerprint density at radius 3 is 3.00 bits per heavy atom. The summed E-state index contributed by atoms with van der Waals surface area (Å²) in [4.78, 5) is 0. The first kappa shape index (κ1) is 12.2. The zero-order valence-electron chi connectivity index (χ0n) is 10.6. The van der Waals surface area contributed by atoms with E-state index in [2.05, 4.69) is 12.1 Å². The van der Waals surface area contributed by atoms with E-state index in [4.69, 9.17) is 14.6 Å². The molecule has 0 saturated carbocycles. The number of aliphatic hydroxyl groups excluding tert-OH is 1. The predicted octanol–water partition coefficient (Wildman–Crippen LogP) is 2.71. The Kier molecular flexibility index (Phi) is 3.64. The van der Waals surface area contributed by atoms with Crippen LogP contribution in [0, 0.1) is 0 Å². The van der Waals surface area contributed by atoms with Crippen molar-refractivity contribution < 1.29 is 14.6 Å². The van der Waals surface area contributed by atoms with Crippen LogP contribution in [0.3, 0.4) is 0 Å². The molecule has 2 atom stereocenters. The van der Waals surface area contributed by atoms with Gasteiger partial charge in [-0.1, -0.05) is 18.2 Å². The monoisotopic (exact) mass is 248 g/mol. The molecule has 0 radical (unpaired) electrons. The SMILES string of the molecule is OCc1ccc2c(c1)CCC2OC1CCCCO1. The molecule has 18 heavy (non-hydrogen) atoms. The van der Waals surface area contributed by atoms with Crippen molar-refractivity contribution in [3.8, 4) is 0 Å². The topological polar surface area (TPSA) is 38.7 Å². The molecule has 0 amide bonds. The quantitative estimate of drug-likeness (QED) is 0.894. The van der Waals surface area contributed by atoms with E-state index in [1.165, 1.54) is 17.5 Å². The van der Waals surface area contributed by atoms with Crippen molar-refractivity contribution in [2.45, 2.75) is 51.1 Å². The zero-order chi connectivity index (χ0) is 12.4. The van der Waals surface area contributed by atoms with Gasteiger partial charge in [-0.25, -0.2) is 0 Å². The highest BCUT2D eigenvalue weighted by Gasteiger charge is 2.27. The largest absolute Gasteiger partial charge is 0.392 e. The molecule has 1 heterocycles. The first-order valence-corrected chi connectivity index (χ1v) is 6.86. The highest BCUT2D eigenvalue weighted by molar-refractivity contribution is 5.37. The van der Waals surface area contributed by atoms with E-state index in [1.807, 2.05) is 6.07 Å². The first-order chi connectivity index (χ1) is 8.86. The first-order valence-electron chi connectivity index (χ1n) is 6.86. The van der Waals surface area contributed by atoms with Gasteiger partial charge in [0, 0.05) is 6.61 Å². The molecule has 3 heteroatoms. The molecule has 2 unspecified atom stereocenters. The second-order valence-electron chi connectivity index (χ2n) is 5.15. The summed E-state index contributed by atoms with van der Waals surface area (Å²) in [5.74, 6) is 0. The molecule has 0 spiro atoms. The fraction of sp³-hybridized carbons (Fsp3) is 0.600. The molecule has 0 aromatic heterocycles. The number of benzene rings is 1. The molecular weight excluding hydrogens is 228 g/mol. The molecule has 1 aromatic carbocycles. The summed E-state index contributed by atoms with van der Waals surface area (Å²) in [7, 11) is 0. The summed E-state index contributed by atoms with van der Waals surface area (Å²) in [6, 6.07) is 6.18. The number of rotatable bonds is 3.